The van der Waals surface area contributed by atoms with Crippen molar-refractivity contribution in [3.8, 4) is 22.9 Å². The monoisotopic (exact) mass is 554 g/mol. The molecule has 0 radical (unpaired) electrons. The molecule has 2 aromatic carbocycles. The van der Waals surface area contributed by atoms with Crippen LogP contribution in [0.3, 0.4) is 0 Å². The number of thioether (sulfide) groups is 1. The summed E-state index contributed by atoms with van der Waals surface area (Å²) >= 11 is 1.29. The lowest BCUT2D eigenvalue weighted by Crippen LogP contribution is -2.21. The van der Waals surface area contributed by atoms with Gasteiger partial charge in [-0.1, -0.05) is 32.0 Å². The molecule has 202 valence electrons. The lowest BCUT2D eigenvalue weighted by atomic mass is 9.85. The van der Waals surface area contributed by atoms with Crippen LogP contribution in [0.2, 0.25) is 13.1 Å². The van der Waals surface area contributed by atoms with Gasteiger partial charge in [0.05, 0.1) is 19.9 Å². The Morgan fingerprint density at radius 3 is 2.24 bits per heavy atom. The van der Waals surface area contributed by atoms with Crippen LogP contribution in [0.5, 0.6) is 11.5 Å². The first kappa shape index (κ1) is 29.1. The molecule has 0 aliphatic rings. The summed E-state index contributed by atoms with van der Waals surface area (Å²) in [5.41, 5.74) is 3.39. The Labute approximate surface area is 229 Å². The minimum Gasteiger partial charge on any atom is -0.544 e. The number of ether oxygens (including phenoxy) is 2. The van der Waals surface area contributed by atoms with Crippen molar-refractivity contribution in [2.45, 2.75) is 46.2 Å². The number of methoxy groups -OCH3 is 2. The number of hydrogen-bond donors (Lipinski definition) is 0. The first-order chi connectivity index (χ1) is 18.0. The average Bonchev–Trinajstić information content (AvgIpc) is 3.31. The van der Waals surface area contributed by atoms with Gasteiger partial charge in [-0.3, -0.25) is 0 Å². The van der Waals surface area contributed by atoms with Crippen molar-refractivity contribution in [3.63, 3.8) is 0 Å². The number of aromatic nitrogens is 2. The van der Waals surface area contributed by atoms with Crippen molar-refractivity contribution in [2.24, 2.45) is 9.98 Å². The Hall–Kier alpha value is -3.44. The molecule has 0 fully saturated rings. The maximum atomic E-state index is 12.2. The molecule has 1 amide bonds. The molecule has 1 heterocycles. The highest BCUT2D eigenvalue weighted by Gasteiger charge is 2.28. The minimum atomic E-state index is -1.58. The number of amides is 1. The normalized spacial score (nSPS) is 12.6. The van der Waals surface area contributed by atoms with Crippen molar-refractivity contribution in [1.29, 1.82) is 0 Å². The Morgan fingerprint density at radius 1 is 1.05 bits per heavy atom. The number of nitrogens with zero attached hydrogens (tertiary/aromatic N) is 4. The first-order valence-electron chi connectivity index (χ1n) is 12.1. The van der Waals surface area contributed by atoms with E-state index in [9.17, 15) is 4.79 Å². The molecule has 0 bridgehead atoms. The highest BCUT2D eigenvalue weighted by molar-refractivity contribution is 8.15. The molecule has 0 aliphatic heterocycles. The van der Waals surface area contributed by atoms with Crippen LogP contribution in [0.15, 0.2) is 50.9 Å². The zero-order valence-electron chi connectivity index (χ0n) is 23.3. The van der Waals surface area contributed by atoms with Crippen LogP contribution >= 0.6 is 11.8 Å². The van der Waals surface area contributed by atoms with Gasteiger partial charge in [-0.05, 0) is 55.1 Å². The van der Waals surface area contributed by atoms with Crippen LogP contribution in [0.25, 0.3) is 11.4 Å². The lowest BCUT2D eigenvalue weighted by Gasteiger charge is -2.27. The van der Waals surface area contributed by atoms with Crippen LogP contribution in [0, 0.1) is 6.92 Å². The van der Waals surface area contributed by atoms with E-state index in [-0.39, 0.29) is 5.41 Å². The first-order valence-corrected chi connectivity index (χ1v) is 16.1. The molecule has 0 saturated carbocycles. The summed E-state index contributed by atoms with van der Waals surface area (Å²) in [6, 6.07) is 11.4. The second-order valence-electron chi connectivity index (χ2n) is 9.68. The van der Waals surface area contributed by atoms with E-state index >= 15 is 0 Å². The lowest BCUT2D eigenvalue weighted by molar-refractivity contribution is 0.183. The van der Waals surface area contributed by atoms with Crippen molar-refractivity contribution in [1.82, 2.24) is 10.1 Å². The van der Waals surface area contributed by atoms with Gasteiger partial charge < -0.3 is 18.4 Å². The molecule has 3 rings (SSSR count). The minimum absolute atomic E-state index is 0.191. The molecule has 11 heteroatoms. The molecule has 0 saturated heterocycles. The molecular formula is C27H34N4O5SSi. The number of hydrogen-bond acceptors (Lipinski definition) is 9. The number of aliphatic imine (C=N–C) groups is 2. The van der Waals surface area contributed by atoms with Gasteiger partial charge in [0.1, 0.15) is 10.8 Å². The van der Waals surface area contributed by atoms with Gasteiger partial charge in [0.15, 0.2) is 11.5 Å². The van der Waals surface area contributed by atoms with Crippen LogP contribution < -0.4 is 9.16 Å². The van der Waals surface area contributed by atoms with Crippen LogP contribution in [0.1, 0.15) is 37.8 Å². The molecule has 1 aromatic heterocycles. The third-order valence-electron chi connectivity index (χ3n) is 5.39. The van der Waals surface area contributed by atoms with Crippen LogP contribution in [-0.2, 0) is 10.2 Å². The Bertz CT molecular complexity index is 1340. The fourth-order valence-electron chi connectivity index (χ4n) is 3.67. The van der Waals surface area contributed by atoms with E-state index in [1.807, 2.05) is 42.7 Å². The van der Waals surface area contributed by atoms with E-state index in [0.717, 1.165) is 11.1 Å². The van der Waals surface area contributed by atoms with Crippen molar-refractivity contribution >= 4 is 43.3 Å². The van der Waals surface area contributed by atoms with Gasteiger partial charge in [-0.25, -0.2) is 9.79 Å². The second kappa shape index (κ2) is 12.4. The zero-order valence-corrected chi connectivity index (χ0v) is 25.3. The Morgan fingerprint density at radius 2 is 1.74 bits per heavy atom. The molecule has 0 N–H and O–H groups in total. The van der Waals surface area contributed by atoms with Crippen LogP contribution in [-0.4, -0.2) is 56.5 Å². The predicted octanol–water partition coefficient (Wildman–Crippen LogP) is 6.36. The van der Waals surface area contributed by atoms with E-state index in [0.29, 0.717) is 45.2 Å². The topological polar surface area (TPSA) is 108 Å². The number of carbonyl (C=O) groups is 1. The van der Waals surface area contributed by atoms with Gasteiger partial charge in [0.2, 0.25) is 20.8 Å². The van der Waals surface area contributed by atoms with Crippen molar-refractivity contribution in [2.75, 3.05) is 20.5 Å². The Kier molecular flexibility index (Phi) is 9.50. The fraction of sp³-hybridized carbons (Fsp3) is 0.370. The third-order valence-corrected chi connectivity index (χ3v) is 6.77. The summed E-state index contributed by atoms with van der Waals surface area (Å²) in [5.74, 6) is 2.22. The average molecular weight is 555 g/mol. The highest BCUT2D eigenvalue weighted by Crippen LogP contribution is 2.42. The summed E-state index contributed by atoms with van der Waals surface area (Å²) in [6.45, 7) is 12.3. The maximum Gasteiger partial charge on any atom is 0.434 e. The predicted molar refractivity (Wildman–Crippen MR) is 155 cm³/mol. The summed E-state index contributed by atoms with van der Waals surface area (Å²) in [6.07, 6.45) is 1.11. The SMILES string of the molecule is COC(=O)N=C(SC)C(=Nc1ccc(-c2noc(C)n2)cc1)c1ccc(C(C)(C)C)c(OC)c1O[SiH](C)C. The summed E-state index contributed by atoms with van der Waals surface area (Å²) in [7, 11) is 1.35. The largest absolute Gasteiger partial charge is 0.544 e. The number of carbonyl (C=O) groups excluding carboxylic acids is 1. The van der Waals surface area contributed by atoms with E-state index in [1.165, 1.54) is 18.9 Å². The van der Waals surface area contributed by atoms with E-state index < -0.39 is 15.1 Å². The zero-order chi connectivity index (χ0) is 28.0. The van der Waals surface area contributed by atoms with Gasteiger partial charge in [0, 0.05) is 23.6 Å². The van der Waals surface area contributed by atoms with Gasteiger partial charge >= 0.3 is 6.09 Å². The van der Waals surface area contributed by atoms with Crippen molar-refractivity contribution < 1.29 is 23.2 Å². The smallest absolute Gasteiger partial charge is 0.434 e. The molecule has 3 aromatic rings. The van der Waals surface area contributed by atoms with Crippen LogP contribution in [0.4, 0.5) is 10.5 Å². The van der Waals surface area contributed by atoms with Crippen molar-refractivity contribution in [3.05, 3.63) is 53.4 Å². The molecule has 0 atom stereocenters. The number of benzene rings is 2. The van der Waals surface area contributed by atoms with Gasteiger partial charge in [-0.2, -0.15) is 9.98 Å². The number of rotatable bonds is 7. The van der Waals surface area contributed by atoms with Gasteiger partial charge in [0.25, 0.3) is 0 Å². The standard InChI is InChI=1S/C27H34N4O5SSi/c1-16-28-24(31-35-16)17-10-12-18(13-11-17)29-21(25(37-7)30-26(32)34-6)19-14-15-20(27(2,3)4)23(33-5)22(19)36-38(8)9/h10-15,38H,1-9H3. The van der Waals surface area contributed by atoms with E-state index in [2.05, 4.69) is 49.0 Å². The summed E-state index contributed by atoms with van der Waals surface area (Å²) in [4.78, 5) is 25.6. The summed E-state index contributed by atoms with van der Waals surface area (Å²) < 4.78 is 22.3. The van der Waals surface area contributed by atoms with E-state index in [4.69, 9.17) is 23.4 Å². The molecule has 38 heavy (non-hydrogen) atoms. The van der Waals surface area contributed by atoms with E-state index in [1.54, 1.807) is 14.0 Å². The molecule has 0 aliphatic carbocycles. The third kappa shape index (κ3) is 6.90. The highest BCUT2D eigenvalue weighted by atomic mass is 32.2. The quantitative estimate of drug-likeness (QED) is 0.188. The fourth-order valence-corrected chi connectivity index (χ4v) is 4.89. The molecule has 0 unspecified atom stereocenters. The maximum absolute atomic E-state index is 12.2. The molecule has 0 spiro atoms. The second-order valence-corrected chi connectivity index (χ2v) is 12.8. The summed E-state index contributed by atoms with van der Waals surface area (Å²) in [5, 5.41) is 4.36. The molecule has 9 nitrogen and oxygen atoms in total. The van der Waals surface area contributed by atoms with Gasteiger partial charge in [-0.15, -0.1) is 11.8 Å². The number of aryl methyl sites for hydroxylation is 1. The Balaban J connectivity index is 2.27. The molecular weight excluding hydrogens is 520 g/mol.